The molecule has 0 amide bonds. The Hall–Kier alpha value is -1.88. The number of alkyl halides is 3. The van der Waals surface area contributed by atoms with E-state index >= 15 is 0 Å². The van der Waals surface area contributed by atoms with E-state index in [1.54, 1.807) is 24.3 Å². The molecule has 5 heteroatoms. The maximum atomic E-state index is 13.0. The molecule has 0 bridgehead atoms. The van der Waals surface area contributed by atoms with Crippen LogP contribution < -0.4 is 5.73 Å². The van der Waals surface area contributed by atoms with Gasteiger partial charge in [0.2, 0.25) is 0 Å². The third-order valence-corrected chi connectivity index (χ3v) is 2.60. The van der Waals surface area contributed by atoms with Crippen molar-refractivity contribution >= 4 is 0 Å². The van der Waals surface area contributed by atoms with Crippen molar-refractivity contribution in [2.24, 2.45) is 5.73 Å². The number of aromatic nitrogens is 1. The van der Waals surface area contributed by atoms with Crippen molar-refractivity contribution in [2.45, 2.75) is 12.7 Å². The van der Waals surface area contributed by atoms with Crippen LogP contribution in [0.2, 0.25) is 0 Å². The van der Waals surface area contributed by atoms with Crippen LogP contribution in [-0.2, 0) is 12.7 Å². The molecular weight excluding hydrogens is 241 g/mol. The van der Waals surface area contributed by atoms with Gasteiger partial charge in [0.1, 0.15) is 0 Å². The molecule has 2 aromatic rings. The SMILES string of the molecule is NCc1cccc(C(F)(F)F)c1-c1ccccn1. The van der Waals surface area contributed by atoms with Crippen molar-refractivity contribution < 1.29 is 13.2 Å². The molecule has 0 spiro atoms. The molecule has 0 aliphatic rings. The minimum atomic E-state index is -4.42. The quantitative estimate of drug-likeness (QED) is 0.891. The molecule has 0 aliphatic carbocycles. The first kappa shape index (κ1) is 12.6. The summed E-state index contributed by atoms with van der Waals surface area (Å²) in [4.78, 5) is 3.98. The highest BCUT2D eigenvalue weighted by Gasteiger charge is 2.34. The average molecular weight is 252 g/mol. The van der Waals surface area contributed by atoms with Crippen LogP contribution in [0.4, 0.5) is 13.2 Å². The summed E-state index contributed by atoms with van der Waals surface area (Å²) in [5, 5.41) is 0. The maximum absolute atomic E-state index is 13.0. The minimum Gasteiger partial charge on any atom is -0.326 e. The minimum absolute atomic E-state index is 0.0375. The second kappa shape index (κ2) is 4.78. The number of benzene rings is 1. The number of pyridine rings is 1. The highest BCUT2D eigenvalue weighted by molar-refractivity contribution is 5.68. The van der Waals surface area contributed by atoms with Gasteiger partial charge in [-0.25, -0.2) is 0 Å². The van der Waals surface area contributed by atoms with Gasteiger partial charge in [0, 0.05) is 18.3 Å². The molecule has 94 valence electrons. The van der Waals surface area contributed by atoms with Crippen LogP contribution in [0.25, 0.3) is 11.3 Å². The number of hydrogen-bond donors (Lipinski definition) is 1. The zero-order chi connectivity index (χ0) is 13.2. The van der Waals surface area contributed by atoms with Gasteiger partial charge in [0.25, 0.3) is 0 Å². The van der Waals surface area contributed by atoms with Gasteiger partial charge in [0.05, 0.1) is 11.3 Å². The zero-order valence-electron chi connectivity index (χ0n) is 9.41. The molecule has 0 atom stereocenters. The van der Waals surface area contributed by atoms with Crippen molar-refractivity contribution in [3.05, 3.63) is 53.7 Å². The lowest BCUT2D eigenvalue weighted by Crippen LogP contribution is -2.11. The van der Waals surface area contributed by atoms with E-state index in [1.807, 2.05) is 0 Å². The summed E-state index contributed by atoms with van der Waals surface area (Å²) >= 11 is 0. The fourth-order valence-corrected chi connectivity index (χ4v) is 1.82. The van der Waals surface area contributed by atoms with Gasteiger partial charge >= 0.3 is 6.18 Å². The van der Waals surface area contributed by atoms with Crippen LogP contribution in [0.5, 0.6) is 0 Å². The first-order valence-electron chi connectivity index (χ1n) is 5.34. The van der Waals surface area contributed by atoms with E-state index in [4.69, 9.17) is 5.73 Å². The molecule has 2 N–H and O–H groups in total. The Labute approximate surface area is 102 Å². The molecule has 0 radical (unpaired) electrons. The van der Waals surface area contributed by atoms with Crippen LogP contribution in [0.15, 0.2) is 42.6 Å². The summed E-state index contributed by atoms with van der Waals surface area (Å²) in [5.74, 6) is 0. The van der Waals surface area contributed by atoms with E-state index in [-0.39, 0.29) is 17.8 Å². The fourth-order valence-electron chi connectivity index (χ4n) is 1.82. The van der Waals surface area contributed by atoms with Gasteiger partial charge in [-0.05, 0) is 23.8 Å². The smallest absolute Gasteiger partial charge is 0.326 e. The molecule has 0 fully saturated rings. The number of rotatable bonds is 2. The molecule has 1 heterocycles. The molecule has 0 aliphatic heterocycles. The first-order chi connectivity index (χ1) is 8.54. The normalized spacial score (nSPS) is 11.6. The van der Waals surface area contributed by atoms with Crippen molar-refractivity contribution in [3.63, 3.8) is 0 Å². The van der Waals surface area contributed by atoms with Crippen molar-refractivity contribution in [1.82, 2.24) is 4.98 Å². The standard InChI is InChI=1S/C13H11F3N2/c14-13(15,16)10-5-3-4-9(8-17)12(10)11-6-1-2-7-18-11/h1-7H,8,17H2. The number of hydrogen-bond acceptors (Lipinski definition) is 2. The van der Waals surface area contributed by atoms with E-state index < -0.39 is 11.7 Å². The van der Waals surface area contributed by atoms with Crippen molar-refractivity contribution in [3.8, 4) is 11.3 Å². The van der Waals surface area contributed by atoms with E-state index in [2.05, 4.69) is 4.98 Å². The van der Waals surface area contributed by atoms with Crippen LogP contribution >= 0.6 is 0 Å². The lowest BCUT2D eigenvalue weighted by atomic mass is 9.97. The molecule has 2 nitrogen and oxygen atoms in total. The summed E-state index contributed by atoms with van der Waals surface area (Å²) < 4.78 is 38.9. The van der Waals surface area contributed by atoms with Crippen LogP contribution in [0.1, 0.15) is 11.1 Å². The summed E-state index contributed by atoms with van der Waals surface area (Å²) in [6.45, 7) is 0.0375. The maximum Gasteiger partial charge on any atom is 0.417 e. The van der Waals surface area contributed by atoms with Gasteiger partial charge in [-0.15, -0.1) is 0 Å². The topological polar surface area (TPSA) is 38.9 Å². The predicted octanol–water partition coefficient (Wildman–Crippen LogP) is 3.23. The molecule has 2 rings (SSSR count). The largest absolute Gasteiger partial charge is 0.417 e. The van der Waals surface area contributed by atoms with Gasteiger partial charge in [-0.3, -0.25) is 4.98 Å². The lowest BCUT2D eigenvalue weighted by Gasteiger charge is -2.15. The van der Waals surface area contributed by atoms with Gasteiger partial charge in [-0.1, -0.05) is 18.2 Å². The molecule has 0 saturated heterocycles. The summed E-state index contributed by atoms with van der Waals surface area (Å²) in [7, 11) is 0. The summed E-state index contributed by atoms with van der Waals surface area (Å²) in [6, 6.07) is 8.83. The Morgan fingerprint density at radius 3 is 2.39 bits per heavy atom. The van der Waals surface area contributed by atoms with Gasteiger partial charge < -0.3 is 5.73 Å². The van der Waals surface area contributed by atoms with E-state index in [0.717, 1.165) is 6.07 Å². The Bertz CT molecular complexity index is 536. The molecule has 18 heavy (non-hydrogen) atoms. The monoisotopic (exact) mass is 252 g/mol. The molecule has 1 aromatic heterocycles. The summed E-state index contributed by atoms with van der Waals surface area (Å²) in [6.07, 6.45) is -2.96. The van der Waals surface area contributed by atoms with E-state index in [9.17, 15) is 13.2 Å². The molecule has 0 saturated carbocycles. The van der Waals surface area contributed by atoms with Crippen molar-refractivity contribution in [1.29, 1.82) is 0 Å². The molecule has 0 unspecified atom stereocenters. The first-order valence-corrected chi connectivity index (χ1v) is 5.34. The number of halogens is 3. The number of nitrogens with two attached hydrogens (primary N) is 1. The summed E-state index contributed by atoms with van der Waals surface area (Å²) in [5.41, 5.74) is 5.58. The predicted molar refractivity (Wildman–Crippen MR) is 62.6 cm³/mol. The van der Waals surface area contributed by atoms with E-state index in [1.165, 1.54) is 12.3 Å². The van der Waals surface area contributed by atoms with Gasteiger partial charge in [0.15, 0.2) is 0 Å². The van der Waals surface area contributed by atoms with Crippen LogP contribution in [-0.4, -0.2) is 4.98 Å². The second-order valence-corrected chi connectivity index (χ2v) is 3.76. The number of nitrogens with zero attached hydrogens (tertiary/aromatic N) is 1. The Morgan fingerprint density at radius 2 is 1.83 bits per heavy atom. The van der Waals surface area contributed by atoms with Crippen molar-refractivity contribution in [2.75, 3.05) is 0 Å². The Morgan fingerprint density at radius 1 is 1.06 bits per heavy atom. The second-order valence-electron chi connectivity index (χ2n) is 3.76. The highest BCUT2D eigenvalue weighted by atomic mass is 19.4. The Kier molecular flexibility index (Phi) is 3.34. The lowest BCUT2D eigenvalue weighted by molar-refractivity contribution is -0.137. The average Bonchev–Trinajstić information content (AvgIpc) is 2.38. The third kappa shape index (κ3) is 2.36. The molecular formula is C13H11F3N2. The zero-order valence-corrected chi connectivity index (χ0v) is 9.41. The van der Waals surface area contributed by atoms with Crippen LogP contribution in [0, 0.1) is 0 Å². The fraction of sp³-hybridized carbons (Fsp3) is 0.154. The van der Waals surface area contributed by atoms with Crippen LogP contribution in [0.3, 0.4) is 0 Å². The highest BCUT2D eigenvalue weighted by Crippen LogP contribution is 2.38. The Balaban J connectivity index is 2.70. The van der Waals surface area contributed by atoms with Gasteiger partial charge in [-0.2, -0.15) is 13.2 Å². The van der Waals surface area contributed by atoms with E-state index in [0.29, 0.717) is 5.56 Å². The third-order valence-electron chi connectivity index (χ3n) is 2.60. The molecule has 1 aromatic carbocycles.